The van der Waals surface area contributed by atoms with Crippen LogP contribution in [-0.2, 0) is 14.9 Å². The maximum absolute atomic E-state index is 15.1. The predicted octanol–water partition coefficient (Wildman–Crippen LogP) is 5.56. The highest BCUT2D eigenvalue weighted by atomic mass is 19.2. The molecular weight excluding hydrogens is 419 g/mol. The molecule has 0 radical (unpaired) electrons. The molecule has 1 aromatic rings. The number of carbonyl (C=O) groups is 1. The Kier molecular flexibility index (Phi) is 5.14. The van der Waals surface area contributed by atoms with Crippen LogP contribution < -0.4 is 0 Å². The zero-order chi connectivity index (χ0) is 23.9. The van der Waals surface area contributed by atoms with E-state index in [2.05, 4.69) is 0 Å². The summed E-state index contributed by atoms with van der Waals surface area (Å²) in [7, 11) is 0. The molecule has 3 rings (SSSR count). The van der Waals surface area contributed by atoms with E-state index in [0.717, 1.165) is 0 Å². The predicted molar refractivity (Wildman–Crippen MR) is 104 cm³/mol. The van der Waals surface area contributed by atoms with Crippen LogP contribution in [0.2, 0.25) is 0 Å². The highest BCUT2D eigenvalue weighted by molar-refractivity contribution is 5.86. The first-order valence-electron chi connectivity index (χ1n) is 10.3. The van der Waals surface area contributed by atoms with E-state index in [9.17, 15) is 23.1 Å². The standard InChI is InChI=1S/C23H29F5O3/c1-19(2)11-8-9-22(19,7)23(10-11,18(29)31-21(5,6)20(3,4)30)12-13(24)15(26)17(28)16(27)14(12)25/h11,30H,8-10H2,1-7H3/t11-,22-,23+/m1/s1. The van der Waals surface area contributed by atoms with Gasteiger partial charge in [-0.05, 0) is 63.7 Å². The molecule has 0 heterocycles. The number of hydrogen-bond donors (Lipinski definition) is 1. The summed E-state index contributed by atoms with van der Waals surface area (Å²) < 4.78 is 78.0. The SMILES string of the molecule is CC(C)(O)C(C)(C)OC(=O)[C@@]1(c2c(F)c(F)c(F)c(F)c2F)C[C@H]2CC[C@]1(C)C2(C)C. The summed E-state index contributed by atoms with van der Waals surface area (Å²) in [6, 6.07) is 0. The summed E-state index contributed by atoms with van der Waals surface area (Å²) in [4.78, 5) is 13.7. The second-order valence-corrected chi connectivity index (χ2v) is 10.8. The Balaban J connectivity index is 2.35. The summed E-state index contributed by atoms with van der Waals surface area (Å²) in [5.41, 5.74) is -8.05. The third kappa shape index (κ3) is 2.82. The lowest BCUT2D eigenvalue weighted by Crippen LogP contribution is -2.57. The van der Waals surface area contributed by atoms with Gasteiger partial charge in [0.05, 0.1) is 5.60 Å². The number of benzene rings is 1. The van der Waals surface area contributed by atoms with Crippen molar-refractivity contribution in [3.63, 3.8) is 0 Å². The molecule has 8 heteroatoms. The van der Waals surface area contributed by atoms with Crippen molar-refractivity contribution in [2.45, 2.75) is 84.3 Å². The van der Waals surface area contributed by atoms with Gasteiger partial charge in [-0.1, -0.05) is 20.8 Å². The Morgan fingerprint density at radius 1 is 0.935 bits per heavy atom. The number of hydrogen-bond acceptors (Lipinski definition) is 3. The second-order valence-electron chi connectivity index (χ2n) is 10.8. The third-order valence-corrected chi connectivity index (χ3v) is 8.74. The minimum atomic E-state index is -2.27. The molecular formula is C23H29F5O3. The van der Waals surface area contributed by atoms with E-state index in [0.29, 0.717) is 12.8 Å². The number of rotatable bonds is 4. The van der Waals surface area contributed by atoms with Gasteiger partial charge in [0.25, 0.3) is 0 Å². The molecule has 3 nitrogen and oxygen atoms in total. The van der Waals surface area contributed by atoms with E-state index in [1.54, 1.807) is 6.92 Å². The number of aliphatic hydroxyl groups is 1. The number of esters is 1. The molecule has 31 heavy (non-hydrogen) atoms. The van der Waals surface area contributed by atoms with Crippen molar-refractivity contribution in [1.82, 2.24) is 0 Å². The summed E-state index contributed by atoms with van der Waals surface area (Å²) in [5, 5.41) is 10.4. The highest BCUT2D eigenvalue weighted by Gasteiger charge is 2.74. The fourth-order valence-corrected chi connectivity index (χ4v) is 5.52. The number of halogens is 5. The van der Waals surface area contributed by atoms with Crippen LogP contribution in [0, 0.1) is 45.8 Å². The zero-order valence-electron chi connectivity index (χ0n) is 18.9. The molecule has 2 bridgehead atoms. The summed E-state index contributed by atoms with van der Waals surface area (Å²) in [6.07, 6.45) is 0.890. The molecule has 2 aliphatic carbocycles. The first-order valence-corrected chi connectivity index (χ1v) is 10.3. The van der Waals surface area contributed by atoms with Gasteiger partial charge in [-0.3, -0.25) is 4.79 Å². The van der Waals surface area contributed by atoms with Crippen LogP contribution in [0.5, 0.6) is 0 Å². The maximum atomic E-state index is 15.1. The van der Waals surface area contributed by atoms with Crippen molar-refractivity contribution in [3.05, 3.63) is 34.6 Å². The van der Waals surface area contributed by atoms with Gasteiger partial charge in [-0.25, -0.2) is 22.0 Å². The molecule has 3 atom stereocenters. The molecule has 0 aliphatic heterocycles. The van der Waals surface area contributed by atoms with Crippen LogP contribution in [-0.4, -0.2) is 22.3 Å². The molecule has 2 fully saturated rings. The molecule has 1 aromatic carbocycles. The Bertz CT molecular complexity index is 921. The van der Waals surface area contributed by atoms with Gasteiger partial charge >= 0.3 is 5.97 Å². The van der Waals surface area contributed by atoms with E-state index >= 15 is 8.78 Å². The normalized spacial score (nSPS) is 30.0. The minimum Gasteiger partial charge on any atom is -0.456 e. The maximum Gasteiger partial charge on any atom is 0.318 e. The molecule has 0 unspecified atom stereocenters. The fraction of sp³-hybridized carbons (Fsp3) is 0.696. The van der Waals surface area contributed by atoms with E-state index in [-0.39, 0.29) is 12.3 Å². The zero-order valence-corrected chi connectivity index (χ0v) is 18.9. The molecule has 0 amide bonds. The van der Waals surface area contributed by atoms with Gasteiger partial charge in [0, 0.05) is 5.56 Å². The van der Waals surface area contributed by atoms with Crippen molar-refractivity contribution in [2.24, 2.45) is 16.7 Å². The van der Waals surface area contributed by atoms with E-state index < -0.39 is 68.1 Å². The van der Waals surface area contributed by atoms with Crippen LogP contribution in [0.1, 0.15) is 73.3 Å². The van der Waals surface area contributed by atoms with E-state index in [4.69, 9.17) is 4.74 Å². The minimum absolute atomic E-state index is 0.115. The van der Waals surface area contributed by atoms with Crippen LogP contribution >= 0.6 is 0 Å². The Labute approximate surface area is 179 Å². The summed E-state index contributed by atoms with van der Waals surface area (Å²) in [5.74, 6) is -11.8. The summed E-state index contributed by atoms with van der Waals surface area (Å²) in [6.45, 7) is 11.0. The topological polar surface area (TPSA) is 46.5 Å². The van der Waals surface area contributed by atoms with Gasteiger partial charge in [0.1, 0.15) is 11.0 Å². The lowest BCUT2D eigenvalue weighted by atomic mass is 9.55. The van der Waals surface area contributed by atoms with Crippen molar-refractivity contribution in [2.75, 3.05) is 0 Å². The van der Waals surface area contributed by atoms with Gasteiger partial charge in [0.2, 0.25) is 5.82 Å². The lowest BCUT2D eigenvalue weighted by molar-refractivity contribution is -0.193. The van der Waals surface area contributed by atoms with Crippen molar-refractivity contribution in [3.8, 4) is 0 Å². The second kappa shape index (κ2) is 6.65. The van der Waals surface area contributed by atoms with Crippen molar-refractivity contribution in [1.29, 1.82) is 0 Å². The Hall–Kier alpha value is -1.70. The summed E-state index contributed by atoms with van der Waals surface area (Å²) >= 11 is 0. The average Bonchev–Trinajstić information content (AvgIpc) is 2.96. The Morgan fingerprint density at radius 3 is 1.74 bits per heavy atom. The quantitative estimate of drug-likeness (QED) is 0.284. The Morgan fingerprint density at radius 2 is 1.39 bits per heavy atom. The molecule has 174 valence electrons. The average molecular weight is 448 g/mol. The first kappa shape index (κ1) is 24.0. The van der Waals surface area contributed by atoms with Crippen molar-refractivity contribution >= 4 is 5.97 Å². The highest BCUT2D eigenvalue weighted by Crippen LogP contribution is 2.74. The monoisotopic (exact) mass is 448 g/mol. The largest absolute Gasteiger partial charge is 0.456 e. The number of carbonyl (C=O) groups excluding carboxylic acids is 1. The van der Waals surface area contributed by atoms with Crippen LogP contribution in [0.25, 0.3) is 0 Å². The number of ether oxygens (including phenoxy) is 1. The van der Waals surface area contributed by atoms with Crippen LogP contribution in [0.15, 0.2) is 0 Å². The number of fused-ring (bicyclic) bond motifs is 2. The molecule has 1 N–H and O–H groups in total. The molecule has 0 spiro atoms. The van der Waals surface area contributed by atoms with Crippen LogP contribution in [0.4, 0.5) is 22.0 Å². The van der Waals surface area contributed by atoms with Crippen molar-refractivity contribution < 1.29 is 36.6 Å². The van der Waals surface area contributed by atoms with Crippen LogP contribution in [0.3, 0.4) is 0 Å². The van der Waals surface area contributed by atoms with Gasteiger partial charge < -0.3 is 9.84 Å². The van der Waals surface area contributed by atoms with E-state index in [1.165, 1.54) is 27.7 Å². The molecule has 0 aromatic heterocycles. The fourth-order valence-electron chi connectivity index (χ4n) is 5.52. The van der Waals surface area contributed by atoms with Gasteiger partial charge in [-0.2, -0.15) is 0 Å². The molecule has 2 saturated carbocycles. The third-order valence-electron chi connectivity index (χ3n) is 8.74. The molecule has 2 aliphatic rings. The lowest BCUT2D eigenvalue weighted by Gasteiger charge is -2.49. The van der Waals surface area contributed by atoms with Gasteiger partial charge in [-0.15, -0.1) is 0 Å². The first-order chi connectivity index (χ1) is 13.9. The smallest absolute Gasteiger partial charge is 0.318 e. The van der Waals surface area contributed by atoms with Gasteiger partial charge in [0.15, 0.2) is 23.3 Å². The molecule has 0 saturated heterocycles. The van der Waals surface area contributed by atoms with E-state index in [1.807, 2.05) is 13.8 Å².